The zero-order valence-electron chi connectivity index (χ0n) is 13.1. The average Bonchev–Trinajstić information content (AvgIpc) is 2.60. The lowest BCUT2D eigenvalue weighted by molar-refractivity contribution is -0.141. The highest BCUT2D eigenvalue weighted by Crippen LogP contribution is 2.37. The van der Waals surface area contributed by atoms with Crippen LogP contribution in [-0.2, 0) is 9.53 Å². The number of phenols is 1. The summed E-state index contributed by atoms with van der Waals surface area (Å²) in [6, 6.07) is 8.52. The second-order valence-corrected chi connectivity index (χ2v) is 5.48. The third-order valence-corrected chi connectivity index (χ3v) is 3.98. The van der Waals surface area contributed by atoms with Gasteiger partial charge in [-0.3, -0.25) is 9.59 Å². The van der Waals surface area contributed by atoms with Gasteiger partial charge in [-0.1, -0.05) is 24.3 Å². The molecule has 1 aliphatic rings. The number of anilines is 1. The van der Waals surface area contributed by atoms with E-state index in [2.05, 4.69) is 10.1 Å². The van der Waals surface area contributed by atoms with Crippen LogP contribution in [0.5, 0.6) is 5.75 Å². The van der Waals surface area contributed by atoms with Crippen molar-refractivity contribution in [1.82, 2.24) is 0 Å². The van der Waals surface area contributed by atoms with Gasteiger partial charge in [-0.05, 0) is 19.1 Å². The van der Waals surface area contributed by atoms with E-state index in [-0.39, 0.29) is 33.8 Å². The first kappa shape index (κ1) is 15.7. The molecule has 1 atom stereocenters. The third kappa shape index (κ3) is 2.32. The highest BCUT2D eigenvalue weighted by atomic mass is 16.5. The van der Waals surface area contributed by atoms with E-state index in [4.69, 9.17) is 0 Å². The Morgan fingerprint density at radius 2 is 1.62 bits per heavy atom. The summed E-state index contributed by atoms with van der Waals surface area (Å²) in [5.74, 6) is -1.58. The minimum Gasteiger partial charge on any atom is -0.507 e. The molecule has 122 valence electrons. The first-order valence-corrected chi connectivity index (χ1v) is 7.34. The van der Waals surface area contributed by atoms with Gasteiger partial charge < -0.3 is 15.2 Å². The summed E-state index contributed by atoms with van der Waals surface area (Å²) in [6.07, 6.45) is 0. The van der Waals surface area contributed by atoms with Gasteiger partial charge in [-0.15, -0.1) is 0 Å². The van der Waals surface area contributed by atoms with E-state index in [1.165, 1.54) is 19.2 Å². The fourth-order valence-electron chi connectivity index (χ4n) is 2.80. The van der Waals surface area contributed by atoms with Crippen molar-refractivity contribution in [1.29, 1.82) is 0 Å². The molecular formula is C18H15NO5. The molecular weight excluding hydrogens is 310 g/mol. The van der Waals surface area contributed by atoms with Crippen LogP contribution in [0.2, 0.25) is 0 Å². The van der Waals surface area contributed by atoms with Crippen molar-refractivity contribution in [3.05, 3.63) is 58.7 Å². The summed E-state index contributed by atoms with van der Waals surface area (Å²) < 4.78 is 4.65. The van der Waals surface area contributed by atoms with E-state index in [1.54, 1.807) is 31.2 Å². The number of carbonyl (C=O) groups is 3. The number of phenolic OH excluding ortho intramolecular Hbond substituents is 1. The number of fused-ring (bicyclic) bond motifs is 2. The van der Waals surface area contributed by atoms with E-state index in [1.807, 2.05) is 0 Å². The van der Waals surface area contributed by atoms with Crippen LogP contribution >= 0.6 is 0 Å². The topological polar surface area (TPSA) is 92.7 Å². The van der Waals surface area contributed by atoms with E-state index < -0.39 is 17.8 Å². The van der Waals surface area contributed by atoms with E-state index in [9.17, 15) is 19.5 Å². The number of carbonyl (C=O) groups excluding carboxylic acids is 3. The molecule has 6 nitrogen and oxygen atoms in total. The molecule has 2 aromatic rings. The lowest BCUT2D eigenvalue weighted by atomic mass is 9.82. The summed E-state index contributed by atoms with van der Waals surface area (Å²) in [5.41, 5.74) is 0.835. The number of nitrogens with one attached hydrogen (secondary N) is 1. The zero-order chi connectivity index (χ0) is 17.4. The molecule has 0 aromatic heterocycles. The van der Waals surface area contributed by atoms with Crippen LogP contribution in [0, 0.1) is 0 Å². The Kier molecular flexibility index (Phi) is 3.81. The van der Waals surface area contributed by atoms with Gasteiger partial charge in [0.25, 0.3) is 0 Å². The van der Waals surface area contributed by atoms with Gasteiger partial charge in [0.2, 0.25) is 0 Å². The van der Waals surface area contributed by atoms with Gasteiger partial charge in [0.05, 0.1) is 18.2 Å². The molecule has 1 aliphatic carbocycles. The van der Waals surface area contributed by atoms with E-state index in [0.717, 1.165) is 0 Å². The second-order valence-electron chi connectivity index (χ2n) is 5.48. The number of hydrogen-bond acceptors (Lipinski definition) is 6. The first-order valence-electron chi connectivity index (χ1n) is 7.34. The summed E-state index contributed by atoms with van der Waals surface area (Å²) in [5, 5.41) is 13.0. The number of rotatable bonds is 3. The van der Waals surface area contributed by atoms with Gasteiger partial charge in [0.1, 0.15) is 11.8 Å². The molecule has 0 bridgehead atoms. The molecule has 0 heterocycles. The number of ether oxygens (including phenoxy) is 1. The summed E-state index contributed by atoms with van der Waals surface area (Å²) in [7, 11) is 1.26. The Bertz CT molecular complexity index is 872. The van der Waals surface area contributed by atoms with Crippen molar-refractivity contribution in [3.8, 4) is 5.75 Å². The van der Waals surface area contributed by atoms with Crippen molar-refractivity contribution < 1.29 is 24.2 Å². The van der Waals surface area contributed by atoms with Crippen LogP contribution in [-0.4, -0.2) is 35.8 Å². The Balaban J connectivity index is 2.15. The monoisotopic (exact) mass is 325 g/mol. The van der Waals surface area contributed by atoms with Crippen molar-refractivity contribution in [2.24, 2.45) is 0 Å². The second kappa shape index (κ2) is 5.81. The zero-order valence-corrected chi connectivity index (χ0v) is 13.1. The highest BCUT2D eigenvalue weighted by molar-refractivity contribution is 6.31. The molecule has 3 rings (SSSR count). The number of aromatic hydroxyl groups is 1. The van der Waals surface area contributed by atoms with Crippen molar-refractivity contribution in [3.63, 3.8) is 0 Å². The van der Waals surface area contributed by atoms with Crippen LogP contribution in [0.1, 0.15) is 38.8 Å². The van der Waals surface area contributed by atoms with E-state index >= 15 is 0 Å². The maximum Gasteiger partial charge on any atom is 0.327 e. The van der Waals surface area contributed by atoms with Crippen molar-refractivity contribution >= 4 is 23.2 Å². The van der Waals surface area contributed by atoms with Crippen LogP contribution in [0.4, 0.5) is 5.69 Å². The molecule has 0 saturated carbocycles. The molecule has 0 spiro atoms. The molecule has 0 saturated heterocycles. The van der Waals surface area contributed by atoms with Crippen LogP contribution in [0.15, 0.2) is 36.4 Å². The highest BCUT2D eigenvalue weighted by Gasteiger charge is 2.34. The molecule has 2 N–H and O–H groups in total. The maximum absolute atomic E-state index is 12.8. The number of hydrogen-bond donors (Lipinski definition) is 2. The molecule has 1 unspecified atom stereocenters. The molecule has 6 heteroatoms. The lowest BCUT2D eigenvalue weighted by Gasteiger charge is -2.23. The number of methoxy groups -OCH3 is 1. The number of esters is 1. The molecule has 0 fully saturated rings. The van der Waals surface area contributed by atoms with Gasteiger partial charge in [-0.2, -0.15) is 0 Å². The minimum atomic E-state index is -0.719. The minimum absolute atomic E-state index is 0.0548. The smallest absolute Gasteiger partial charge is 0.327 e. The van der Waals surface area contributed by atoms with Crippen LogP contribution < -0.4 is 5.32 Å². The Morgan fingerprint density at radius 1 is 1.04 bits per heavy atom. The van der Waals surface area contributed by atoms with Crippen LogP contribution in [0.3, 0.4) is 0 Å². The quantitative estimate of drug-likeness (QED) is 0.566. The fourth-order valence-corrected chi connectivity index (χ4v) is 2.80. The normalized spacial score (nSPS) is 13.8. The lowest BCUT2D eigenvalue weighted by Crippen LogP contribution is -2.29. The summed E-state index contributed by atoms with van der Waals surface area (Å²) in [4.78, 5) is 37.1. The predicted molar refractivity (Wildman–Crippen MR) is 86.5 cm³/mol. The first-order chi connectivity index (χ1) is 11.5. The van der Waals surface area contributed by atoms with Crippen molar-refractivity contribution in [2.45, 2.75) is 13.0 Å². The van der Waals surface area contributed by atoms with Gasteiger partial charge >= 0.3 is 5.97 Å². The third-order valence-electron chi connectivity index (χ3n) is 3.98. The van der Waals surface area contributed by atoms with Gasteiger partial charge in [0.15, 0.2) is 11.6 Å². The Morgan fingerprint density at radius 3 is 2.21 bits per heavy atom. The van der Waals surface area contributed by atoms with Crippen molar-refractivity contribution in [2.75, 3.05) is 12.4 Å². The number of ketones is 2. The molecule has 0 amide bonds. The largest absolute Gasteiger partial charge is 0.507 e. The maximum atomic E-state index is 12.8. The fraction of sp³-hybridized carbons (Fsp3) is 0.167. The van der Waals surface area contributed by atoms with Gasteiger partial charge in [-0.25, -0.2) is 4.79 Å². The number of benzene rings is 2. The SMILES string of the molecule is COC(=O)C(C)Nc1ccc(O)c2c1C(=O)c1ccccc1C2=O. The average molecular weight is 325 g/mol. The molecule has 2 aromatic carbocycles. The molecule has 24 heavy (non-hydrogen) atoms. The predicted octanol–water partition coefficient (Wildman–Crippen LogP) is 2.14. The summed E-state index contributed by atoms with van der Waals surface area (Å²) >= 11 is 0. The Hall–Kier alpha value is -3.15. The van der Waals surface area contributed by atoms with Crippen LogP contribution in [0.25, 0.3) is 0 Å². The standard InChI is InChI=1S/C18H15NO5/c1-9(18(23)24-2)19-12-7-8-13(20)15-14(12)16(21)10-5-3-4-6-11(10)17(15)22/h3-9,19-20H,1-2H3. The van der Waals surface area contributed by atoms with Gasteiger partial charge in [0, 0.05) is 16.8 Å². The molecule has 0 aliphatic heterocycles. The van der Waals surface area contributed by atoms with E-state index in [0.29, 0.717) is 5.69 Å². The Labute approximate surface area is 138 Å². The molecule has 0 radical (unpaired) electrons. The summed E-state index contributed by atoms with van der Waals surface area (Å²) in [6.45, 7) is 1.58.